The molecule has 0 aromatic carbocycles. The summed E-state index contributed by atoms with van der Waals surface area (Å²) in [6.45, 7) is 2.22. The summed E-state index contributed by atoms with van der Waals surface area (Å²) in [6, 6.07) is 0. The lowest BCUT2D eigenvalue weighted by atomic mass is 9.84. The molecule has 2 saturated carbocycles. The zero-order valence-corrected chi connectivity index (χ0v) is 10.7. The molecule has 0 aliphatic heterocycles. The molecular formula is C15H26O. The summed E-state index contributed by atoms with van der Waals surface area (Å²) < 4.78 is 0. The normalized spacial score (nSPS) is 32.2. The van der Waals surface area contributed by atoms with Crippen molar-refractivity contribution in [2.45, 2.75) is 71.1 Å². The van der Waals surface area contributed by atoms with Crippen LogP contribution in [0.5, 0.6) is 0 Å². The summed E-state index contributed by atoms with van der Waals surface area (Å²) in [6.07, 6.45) is 12.4. The van der Waals surface area contributed by atoms with Crippen LogP contribution in [0.2, 0.25) is 0 Å². The molecule has 0 N–H and O–H groups in total. The average molecular weight is 222 g/mol. The Bertz CT molecular complexity index is 234. The number of fused-ring (bicyclic) bond motifs is 2. The van der Waals surface area contributed by atoms with Gasteiger partial charge in [0.05, 0.1) is 0 Å². The van der Waals surface area contributed by atoms with E-state index in [0.29, 0.717) is 5.78 Å². The zero-order chi connectivity index (χ0) is 11.4. The van der Waals surface area contributed by atoms with Crippen molar-refractivity contribution >= 4 is 5.78 Å². The summed E-state index contributed by atoms with van der Waals surface area (Å²) in [5, 5.41) is 0. The first kappa shape index (κ1) is 12.1. The van der Waals surface area contributed by atoms with Crippen LogP contribution in [-0.2, 0) is 4.79 Å². The van der Waals surface area contributed by atoms with E-state index in [1.165, 1.54) is 44.9 Å². The van der Waals surface area contributed by atoms with Crippen LogP contribution in [0.3, 0.4) is 0 Å². The van der Waals surface area contributed by atoms with Gasteiger partial charge in [-0.15, -0.1) is 0 Å². The fourth-order valence-electron chi connectivity index (χ4n) is 3.77. The molecule has 0 heterocycles. The fourth-order valence-corrected chi connectivity index (χ4v) is 3.77. The molecule has 0 aromatic heterocycles. The van der Waals surface area contributed by atoms with E-state index in [-0.39, 0.29) is 0 Å². The fraction of sp³-hybridized carbons (Fsp3) is 0.933. The second-order valence-corrected chi connectivity index (χ2v) is 5.99. The number of unbranched alkanes of at least 4 members (excludes halogenated alkanes) is 3. The minimum absolute atomic E-state index is 0.550. The number of ketones is 1. The number of carbonyl (C=O) groups excluding carboxylic acids is 1. The van der Waals surface area contributed by atoms with Crippen LogP contribution in [0.25, 0.3) is 0 Å². The highest BCUT2D eigenvalue weighted by atomic mass is 16.1. The summed E-state index contributed by atoms with van der Waals surface area (Å²) in [5.74, 6) is 3.23. The molecule has 0 spiro atoms. The molecular weight excluding hydrogens is 196 g/mol. The maximum atomic E-state index is 11.8. The second kappa shape index (κ2) is 5.84. The molecule has 92 valence electrons. The Balaban J connectivity index is 1.60. The molecule has 16 heavy (non-hydrogen) atoms. The predicted molar refractivity (Wildman–Crippen MR) is 67.3 cm³/mol. The van der Waals surface area contributed by atoms with Gasteiger partial charge in [0.2, 0.25) is 0 Å². The van der Waals surface area contributed by atoms with Crippen LogP contribution in [-0.4, -0.2) is 5.78 Å². The third-order valence-electron chi connectivity index (χ3n) is 4.68. The zero-order valence-electron chi connectivity index (χ0n) is 10.7. The van der Waals surface area contributed by atoms with Gasteiger partial charge in [0.15, 0.2) is 0 Å². The third-order valence-corrected chi connectivity index (χ3v) is 4.68. The van der Waals surface area contributed by atoms with Crippen molar-refractivity contribution < 1.29 is 4.79 Å². The molecule has 1 heteroatoms. The standard InChI is InChI=1S/C15H26O/c1-2-3-4-5-6-15(16)11-14-10-12-7-8-13(14)9-12/h12-14H,2-11H2,1H3. The van der Waals surface area contributed by atoms with Gasteiger partial charge < -0.3 is 0 Å². The Labute approximate surface area is 100.0 Å². The van der Waals surface area contributed by atoms with Crippen LogP contribution >= 0.6 is 0 Å². The van der Waals surface area contributed by atoms with Gasteiger partial charge in [-0.05, 0) is 43.4 Å². The topological polar surface area (TPSA) is 17.1 Å². The molecule has 2 rings (SSSR count). The first-order chi connectivity index (χ1) is 7.79. The maximum Gasteiger partial charge on any atom is 0.133 e. The van der Waals surface area contributed by atoms with Crippen LogP contribution in [0, 0.1) is 17.8 Å². The van der Waals surface area contributed by atoms with E-state index >= 15 is 0 Å². The van der Waals surface area contributed by atoms with Crippen molar-refractivity contribution in [3.63, 3.8) is 0 Å². The SMILES string of the molecule is CCCCCCC(=O)CC1CC2CCC1C2. The largest absolute Gasteiger partial charge is 0.300 e. The average Bonchev–Trinajstić information content (AvgIpc) is 2.86. The highest BCUT2D eigenvalue weighted by Gasteiger charge is 2.39. The highest BCUT2D eigenvalue weighted by Crippen LogP contribution is 2.49. The molecule has 1 nitrogen and oxygen atoms in total. The first-order valence-corrected chi connectivity index (χ1v) is 7.31. The lowest BCUT2D eigenvalue weighted by Gasteiger charge is -2.20. The van der Waals surface area contributed by atoms with Gasteiger partial charge in [-0.2, -0.15) is 0 Å². The van der Waals surface area contributed by atoms with Gasteiger partial charge in [0, 0.05) is 12.8 Å². The Hall–Kier alpha value is -0.330. The number of Topliss-reactive ketones (excluding diaryl/α,β-unsaturated/α-hetero) is 1. The van der Waals surface area contributed by atoms with Crippen molar-refractivity contribution in [2.24, 2.45) is 17.8 Å². The van der Waals surface area contributed by atoms with Gasteiger partial charge in [0.25, 0.3) is 0 Å². The van der Waals surface area contributed by atoms with E-state index in [4.69, 9.17) is 0 Å². The molecule has 0 saturated heterocycles. The van der Waals surface area contributed by atoms with Gasteiger partial charge in [-0.1, -0.05) is 32.6 Å². The molecule has 2 bridgehead atoms. The van der Waals surface area contributed by atoms with Crippen molar-refractivity contribution in [2.75, 3.05) is 0 Å². The van der Waals surface area contributed by atoms with Crippen LogP contribution in [0.15, 0.2) is 0 Å². The smallest absolute Gasteiger partial charge is 0.133 e. The summed E-state index contributed by atoms with van der Waals surface area (Å²) in [7, 11) is 0. The third kappa shape index (κ3) is 3.09. The van der Waals surface area contributed by atoms with E-state index in [1.54, 1.807) is 0 Å². The number of hydrogen-bond acceptors (Lipinski definition) is 1. The molecule has 0 amide bonds. The lowest BCUT2D eigenvalue weighted by molar-refractivity contribution is -0.120. The van der Waals surface area contributed by atoms with Crippen molar-refractivity contribution in [1.29, 1.82) is 0 Å². The number of rotatable bonds is 7. The summed E-state index contributed by atoms with van der Waals surface area (Å²) >= 11 is 0. The van der Waals surface area contributed by atoms with E-state index in [9.17, 15) is 4.79 Å². The molecule has 3 unspecified atom stereocenters. The second-order valence-electron chi connectivity index (χ2n) is 5.99. The quantitative estimate of drug-likeness (QED) is 0.585. The molecule has 2 aliphatic carbocycles. The van der Waals surface area contributed by atoms with Crippen LogP contribution in [0.4, 0.5) is 0 Å². The lowest BCUT2D eigenvalue weighted by Crippen LogP contribution is -2.15. The minimum Gasteiger partial charge on any atom is -0.300 e. The summed E-state index contributed by atoms with van der Waals surface area (Å²) in [4.78, 5) is 11.8. The molecule has 0 radical (unpaired) electrons. The molecule has 2 fully saturated rings. The molecule has 2 aliphatic rings. The Morgan fingerprint density at radius 3 is 2.62 bits per heavy atom. The Morgan fingerprint density at radius 2 is 2.00 bits per heavy atom. The molecule has 3 atom stereocenters. The van der Waals surface area contributed by atoms with E-state index in [1.807, 2.05) is 0 Å². The van der Waals surface area contributed by atoms with Gasteiger partial charge in [-0.25, -0.2) is 0 Å². The highest BCUT2D eigenvalue weighted by molar-refractivity contribution is 5.78. The number of hydrogen-bond donors (Lipinski definition) is 0. The van der Waals surface area contributed by atoms with Crippen molar-refractivity contribution in [1.82, 2.24) is 0 Å². The van der Waals surface area contributed by atoms with Crippen molar-refractivity contribution in [3.8, 4) is 0 Å². The monoisotopic (exact) mass is 222 g/mol. The van der Waals surface area contributed by atoms with Gasteiger partial charge in [-0.3, -0.25) is 4.79 Å². The summed E-state index contributed by atoms with van der Waals surface area (Å²) in [5.41, 5.74) is 0. The molecule has 0 aromatic rings. The predicted octanol–water partition coefficient (Wildman–Crippen LogP) is 4.35. The minimum atomic E-state index is 0.550. The Morgan fingerprint density at radius 1 is 1.12 bits per heavy atom. The van der Waals surface area contributed by atoms with Crippen LogP contribution < -0.4 is 0 Å². The van der Waals surface area contributed by atoms with Gasteiger partial charge in [0.1, 0.15) is 5.78 Å². The van der Waals surface area contributed by atoms with Crippen LogP contribution in [0.1, 0.15) is 71.1 Å². The van der Waals surface area contributed by atoms with E-state index in [0.717, 1.165) is 37.0 Å². The van der Waals surface area contributed by atoms with E-state index < -0.39 is 0 Å². The first-order valence-electron chi connectivity index (χ1n) is 7.31. The van der Waals surface area contributed by atoms with Gasteiger partial charge >= 0.3 is 0 Å². The Kier molecular flexibility index (Phi) is 4.43. The van der Waals surface area contributed by atoms with Crippen molar-refractivity contribution in [3.05, 3.63) is 0 Å². The maximum absolute atomic E-state index is 11.8. The van der Waals surface area contributed by atoms with E-state index in [2.05, 4.69) is 6.92 Å². The number of carbonyl (C=O) groups is 1.